The molecule has 0 radical (unpaired) electrons. The lowest BCUT2D eigenvalue weighted by atomic mass is 10.2. The first-order valence-electron chi connectivity index (χ1n) is 6.24. The minimum absolute atomic E-state index is 0.0348. The van der Waals surface area contributed by atoms with Crippen molar-refractivity contribution in [3.63, 3.8) is 0 Å². The van der Waals surface area contributed by atoms with Crippen molar-refractivity contribution in [3.8, 4) is 5.75 Å². The Morgan fingerprint density at radius 2 is 2.00 bits per heavy atom. The Hall–Kier alpha value is -1.94. The van der Waals surface area contributed by atoms with Crippen molar-refractivity contribution in [2.45, 2.75) is 20.0 Å². The van der Waals surface area contributed by atoms with Crippen LogP contribution in [0, 0.1) is 5.82 Å². The van der Waals surface area contributed by atoms with Gasteiger partial charge in [0.15, 0.2) is 5.82 Å². The molecule has 2 rings (SSSR count). The van der Waals surface area contributed by atoms with Gasteiger partial charge in [0.25, 0.3) is 0 Å². The third-order valence-corrected chi connectivity index (χ3v) is 2.82. The van der Waals surface area contributed by atoms with E-state index in [0.29, 0.717) is 22.8 Å². The van der Waals surface area contributed by atoms with Gasteiger partial charge in [0.05, 0.1) is 16.8 Å². The molecule has 5 heteroatoms. The molecule has 0 aliphatic heterocycles. The first-order chi connectivity index (χ1) is 9.45. The fraction of sp³-hybridized carbons (Fsp3) is 0.200. The molecule has 3 N–H and O–H groups in total. The fourth-order valence-corrected chi connectivity index (χ4v) is 1.96. The van der Waals surface area contributed by atoms with Gasteiger partial charge in [-0.05, 0) is 32.0 Å². The zero-order valence-electron chi connectivity index (χ0n) is 11.3. The Balaban J connectivity index is 2.29. The number of rotatable bonds is 4. The topological polar surface area (TPSA) is 47.3 Å². The van der Waals surface area contributed by atoms with Gasteiger partial charge >= 0.3 is 0 Å². The summed E-state index contributed by atoms with van der Waals surface area (Å²) in [6.45, 7) is 3.85. The molecule has 0 atom stereocenters. The first kappa shape index (κ1) is 14.5. The predicted octanol–water partition coefficient (Wildman–Crippen LogP) is 4.59. The number of nitrogens with one attached hydrogen (secondary N) is 1. The maximum atomic E-state index is 13.8. The maximum Gasteiger partial charge on any atom is 0.165 e. The Morgan fingerprint density at radius 3 is 2.70 bits per heavy atom. The van der Waals surface area contributed by atoms with E-state index >= 15 is 0 Å². The Bertz CT molecular complexity index is 617. The summed E-state index contributed by atoms with van der Waals surface area (Å²) in [4.78, 5) is 0. The lowest BCUT2D eigenvalue weighted by Gasteiger charge is -2.14. The van der Waals surface area contributed by atoms with Crippen LogP contribution < -0.4 is 15.8 Å². The SMILES string of the molecule is CC(C)Oc1cc(N)cc(Nc2cccc(Cl)c2F)c1. The summed E-state index contributed by atoms with van der Waals surface area (Å²) in [5.41, 5.74) is 7.28. The minimum Gasteiger partial charge on any atom is -0.491 e. The second-order valence-corrected chi connectivity index (χ2v) is 5.09. The minimum atomic E-state index is -0.497. The standard InChI is InChI=1S/C15H16ClFN2O/c1-9(2)20-12-7-10(18)6-11(8-12)19-14-5-3-4-13(16)15(14)17/h3-9,19H,18H2,1-2H3. The average Bonchev–Trinajstić information content (AvgIpc) is 2.33. The van der Waals surface area contributed by atoms with Gasteiger partial charge < -0.3 is 15.8 Å². The Kier molecular flexibility index (Phi) is 4.35. The molecule has 0 fully saturated rings. The Labute approximate surface area is 122 Å². The van der Waals surface area contributed by atoms with Crippen LogP contribution >= 0.6 is 11.6 Å². The van der Waals surface area contributed by atoms with E-state index in [1.165, 1.54) is 6.07 Å². The van der Waals surface area contributed by atoms with E-state index in [1.807, 2.05) is 13.8 Å². The van der Waals surface area contributed by atoms with Crippen LogP contribution in [0.2, 0.25) is 5.02 Å². The van der Waals surface area contributed by atoms with Crippen LogP contribution in [0.25, 0.3) is 0 Å². The summed E-state index contributed by atoms with van der Waals surface area (Å²) in [7, 11) is 0. The largest absolute Gasteiger partial charge is 0.491 e. The number of nitrogen functional groups attached to an aromatic ring is 1. The van der Waals surface area contributed by atoms with Crippen LogP contribution in [-0.4, -0.2) is 6.10 Å². The van der Waals surface area contributed by atoms with Gasteiger partial charge in [-0.2, -0.15) is 0 Å². The highest BCUT2D eigenvalue weighted by atomic mass is 35.5. The molecule has 2 aromatic rings. The molecule has 0 saturated heterocycles. The zero-order valence-corrected chi connectivity index (χ0v) is 12.0. The van der Waals surface area contributed by atoms with Gasteiger partial charge in [-0.25, -0.2) is 4.39 Å². The van der Waals surface area contributed by atoms with Gasteiger partial charge in [0.1, 0.15) is 5.75 Å². The molecule has 0 aliphatic rings. The zero-order chi connectivity index (χ0) is 14.7. The average molecular weight is 295 g/mol. The van der Waals surface area contributed by atoms with E-state index < -0.39 is 5.82 Å². The van der Waals surface area contributed by atoms with Crippen molar-refractivity contribution < 1.29 is 9.13 Å². The molecule has 0 spiro atoms. The summed E-state index contributed by atoms with van der Waals surface area (Å²) < 4.78 is 19.4. The molecule has 0 bridgehead atoms. The summed E-state index contributed by atoms with van der Waals surface area (Å²) >= 11 is 5.75. The van der Waals surface area contributed by atoms with Gasteiger partial charge in [0.2, 0.25) is 0 Å². The summed E-state index contributed by atoms with van der Waals surface area (Å²) in [5, 5.41) is 3.02. The lowest BCUT2D eigenvalue weighted by Crippen LogP contribution is -2.06. The van der Waals surface area contributed by atoms with E-state index in [4.69, 9.17) is 22.1 Å². The van der Waals surface area contributed by atoms with Crippen molar-refractivity contribution in [2.24, 2.45) is 0 Å². The van der Waals surface area contributed by atoms with Crippen molar-refractivity contribution in [2.75, 3.05) is 11.1 Å². The second-order valence-electron chi connectivity index (χ2n) is 4.68. The highest BCUT2D eigenvalue weighted by molar-refractivity contribution is 6.31. The normalized spacial score (nSPS) is 10.7. The number of halogens is 2. The molecule has 0 aliphatic carbocycles. The fourth-order valence-electron chi connectivity index (χ4n) is 1.79. The van der Waals surface area contributed by atoms with Crippen LogP contribution in [0.5, 0.6) is 5.75 Å². The number of hydrogen-bond acceptors (Lipinski definition) is 3. The highest BCUT2D eigenvalue weighted by Crippen LogP contribution is 2.29. The van der Waals surface area contributed by atoms with Gasteiger partial charge in [0, 0.05) is 23.5 Å². The number of benzene rings is 2. The van der Waals surface area contributed by atoms with Crippen molar-refractivity contribution in [3.05, 3.63) is 47.2 Å². The van der Waals surface area contributed by atoms with E-state index in [1.54, 1.807) is 30.3 Å². The van der Waals surface area contributed by atoms with Crippen LogP contribution in [0.1, 0.15) is 13.8 Å². The molecule has 0 amide bonds. The molecular weight excluding hydrogens is 279 g/mol. The van der Waals surface area contributed by atoms with Gasteiger partial charge in [-0.1, -0.05) is 17.7 Å². The third kappa shape index (κ3) is 3.54. The molecule has 106 valence electrons. The van der Waals surface area contributed by atoms with E-state index in [-0.39, 0.29) is 11.1 Å². The van der Waals surface area contributed by atoms with Gasteiger partial charge in [-0.15, -0.1) is 0 Å². The van der Waals surface area contributed by atoms with Gasteiger partial charge in [-0.3, -0.25) is 0 Å². The summed E-state index contributed by atoms with van der Waals surface area (Å²) in [5.74, 6) is 0.132. The first-order valence-corrected chi connectivity index (χ1v) is 6.62. The van der Waals surface area contributed by atoms with E-state index in [0.717, 1.165) is 0 Å². The van der Waals surface area contributed by atoms with E-state index in [9.17, 15) is 4.39 Å². The van der Waals surface area contributed by atoms with Crippen molar-refractivity contribution in [1.29, 1.82) is 0 Å². The predicted molar refractivity (Wildman–Crippen MR) is 81.3 cm³/mol. The van der Waals surface area contributed by atoms with Crippen LogP contribution in [0.3, 0.4) is 0 Å². The lowest BCUT2D eigenvalue weighted by molar-refractivity contribution is 0.242. The smallest absolute Gasteiger partial charge is 0.165 e. The van der Waals surface area contributed by atoms with Crippen LogP contribution in [0.4, 0.5) is 21.5 Å². The quantitative estimate of drug-likeness (QED) is 0.811. The summed E-state index contributed by atoms with van der Waals surface area (Å²) in [6.07, 6.45) is 0.0348. The second kappa shape index (κ2) is 6.01. The summed E-state index contributed by atoms with van der Waals surface area (Å²) in [6, 6.07) is 9.96. The molecule has 20 heavy (non-hydrogen) atoms. The molecule has 0 saturated carbocycles. The molecule has 0 heterocycles. The monoisotopic (exact) mass is 294 g/mol. The molecule has 2 aromatic carbocycles. The highest BCUT2D eigenvalue weighted by Gasteiger charge is 2.08. The third-order valence-electron chi connectivity index (χ3n) is 2.53. The molecule has 0 aromatic heterocycles. The van der Waals surface area contributed by atoms with Crippen LogP contribution in [-0.2, 0) is 0 Å². The number of anilines is 3. The molecule has 3 nitrogen and oxygen atoms in total. The van der Waals surface area contributed by atoms with Crippen LogP contribution in [0.15, 0.2) is 36.4 Å². The number of ether oxygens (including phenoxy) is 1. The van der Waals surface area contributed by atoms with Crippen molar-refractivity contribution in [1.82, 2.24) is 0 Å². The maximum absolute atomic E-state index is 13.8. The Morgan fingerprint density at radius 1 is 1.25 bits per heavy atom. The molecular formula is C15H16ClFN2O. The number of hydrogen-bond donors (Lipinski definition) is 2. The van der Waals surface area contributed by atoms with E-state index in [2.05, 4.69) is 5.32 Å². The molecule has 0 unspecified atom stereocenters. The van der Waals surface area contributed by atoms with Crippen molar-refractivity contribution >= 4 is 28.7 Å². The number of nitrogens with two attached hydrogens (primary N) is 1.